The lowest BCUT2D eigenvalue weighted by Gasteiger charge is -2.13. The van der Waals surface area contributed by atoms with Gasteiger partial charge in [-0.2, -0.15) is 0 Å². The predicted molar refractivity (Wildman–Crippen MR) is 70.4 cm³/mol. The molecule has 0 aromatic heterocycles. The van der Waals surface area contributed by atoms with E-state index in [0.29, 0.717) is 6.61 Å². The zero-order chi connectivity index (χ0) is 12.0. The molecule has 3 nitrogen and oxygen atoms in total. The number of rotatable bonds is 6. The molecule has 0 heterocycles. The third kappa shape index (κ3) is 4.15. The van der Waals surface area contributed by atoms with Crippen molar-refractivity contribution >= 4 is 33.6 Å². The number of methoxy groups -OCH3 is 1. The van der Waals surface area contributed by atoms with Gasteiger partial charge >= 0.3 is 0 Å². The van der Waals surface area contributed by atoms with E-state index in [1.54, 1.807) is 7.11 Å². The summed E-state index contributed by atoms with van der Waals surface area (Å²) in [5.41, 5.74) is 6.30. The third-order valence-corrected chi connectivity index (χ3v) is 3.72. The summed E-state index contributed by atoms with van der Waals surface area (Å²) in [7, 11) is 1.64. The fraction of sp³-hybridized carbons (Fsp3) is 0.364. The average molecular weight is 304 g/mol. The molecule has 0 aliphatic carbocycles. The molecule has 0 radical (unpaired) electrons. The molecule has 2 N–H and O–H groups in total. The number of carbonyl (C=O) groups is 1. The Labute approximate surface area is 108 Å². The first-order valence-corrected chi connectivity index (χ1v) is 6.64. The zero-order valence-corrected chi connectivity index (χ0v) is 11.4. The van der Waals surface area contributed by atoms with Gasteiger partial charge in [0.25, 0.3) is 0 Å². The molecule has 0 saturated carbocycles. The van der Waals surface area contributed by atoms with Crippen LogP contribution in [-0.4, -0.2) is 25.4 Å². The van der Waals surface area contributed by atoms with Crippen LogP contribution in [0.2, 0.25) is 0 Å². The van der Waals surface area contributed by atoms with E-state index >= 15 is 0 Å². The number of amides is 1. The van der Waals surface area contributed by atoms with E-state index in [2.05, 4.69) is 15.9 Å². The van der Waals surface area contributed by atoms with Crippen LogP contribution < -0.4 is 5.73 Å². The first-order valence-electron chi connectivity index (χ1n) is 4.80. The van der Waals surface area contributed by atoms with Crippen LogP contribution in [0.1, 0.15) is 10.8 Å². The molecule has 1 atom stereocenters. The number of carbonyl (C=O) groups excluding carboxylic acids is 1. The lowest BCUT2D eigenvalue weighted by Crippen LogP contribution is -2.19. The summed E-state index contributed by atoms with van der Waals surface area (Å²) >= 11 is 4.87. The molecule has 0 saturated heterocycles. The highest BCUT2D eigenvalue weighted by atomic mass is 79.9. The van der Waals surface area contributed by atoms with Crippen molar-refractivity contribution in [3.05, 3.63) is 34.3 Å². The number of hydrogen-bond acceptors (Lipinski definition) is 3. The maximum atomic E-state index is 11.4. The highest BCUT2D eigenvalue weighted by Gasteiger charge is 2.18. The minimum absolute atomic E-state index is 0.312. The van der Waals surface area contributed by atoms with Crippen molar-refractivity contribution < 1.29 is 9.53 Å². The van der Waals surface area contributed by atoms with Crippen LogP contribution in [0, 0.1) is 0 Å². The van der Waals surface area contributed by atoms with Gasteiger partial charge < -0.3 is 10.5 Å². The molecule has 0 aliphatic rings. The van der Waals surface area contributed by atoms with Gasteiger partial charge in [0, 0.05) is 17.3 Å². The van der Waals surface area contributed by atoms with Crippen molar-refractivity contribution in [2.24, 2.45) is 5.73 Å². The number of nitrogens with two attached hydrogens (primary N) is 1. The highest BCUT2D eigenvalue weighted by Crippen LogP contribution is 2.29. The Bertz CT molecular complexity index is 360. The van der Waals surface area contributed by atoms with Crippen LogP contribution in [0.5, 0.6) is 0 Å². The summed E-state index contributed by atoms with van der Waals surface area (Å²) < 4.78 is 5.90. The van der Waals surface area contributed by atoms with Gasteiger partial charge in [-0.25, -0.2) is 0 Å². The number of primary amides is 1. The van der Waals surface area contributed by atoms with Gasteiger partial charge in [-0.05, 0) is 17.7 Å². The SMILES string of the molecule is COCCS[C@H](C(N)=O)c1cccc(Br)c1. The Kier molecular flexibility index (Phi) is 5.87. The quantitative estimate of drug-likeness (QED) is 0.821. The highest BCUT2D eigenvalue weighted by molar-refractivity contribution is 9.10. The van der Waals surface area contributed by atoms with Crippen molar-refractivity contribution in [3.8, 4) is 0 Å². The maximum Gasteiger partial charge on any atom is 0.235 e. The van der Waals surface area contributed by atoms with Gasteiger partial charge in [0.2, 0.25) is 5.91 Å². The molecule has 16 heavy (non-hydrogen) atoms. The van der Waals surface area contributed by atoms with E-state index in [0.717, 1.165) is 15.8 Å². The average Bonchev–Trinajstić information content (AvgIpc) is 2.24. The molecular formula is C11H14BrNO2S. The summed E-state index contributed by atoms with van der Waals surface area (Å²) in [4.78, 5) is 11.4. The summed E-state index contributed by atoms with van der Waals surface area (Å²) in [6.45, 7) is 0.614. The minimum atomic E-state index is -0.320. The monoisotopic (exact) mass is 303 g/mol. The van der Waals surface area contributed by atoms with E-state index in [1.165, 1.54) is 11.8 Å². The van der Waals surface area contributed by atoms with Crippen molar-refractivity contribution in [2.75, 3.05) is 19.5 Å². The molecule has 0 fully saturated rings. The van der Waals surface area contributed by atoms with E-state index in [4.69, 9.17) is 10.5 Å². The fourth-order valence-corrected chi connectivity index (χ4v) is 2.68. The van der Waals surface area contributed by atoms with E-state index < -0.39 is 0 Å². The lowest BCUT2D eigenvalue weighted by molar-refractivity contribution is -0.117. The second kappa shape index (κ2) is 6.93. The van der Waals surface area contributed by atoms with Crippen LogP contribution in [0.3, 0.4) is 0 Å². The molecule has 0 unspecified atom stereocenters. The number of benzene rings is 1. The Morgan fingerprint density at radius 3 is 2.94 bits per heavy atom. The normalized spacial score (nSPS) is 12.4. The van der Waals surface area contributed by atoms with Crippen LogP contribution in [0.25, 0.3) is 0 Å². The summed E-state index contributed by atoms with van der Waals surface area (Å²) in [5.74, 6) is 0.426. The van der Waals surface area contributed by atoms with E-state index in [1.807, 2.05) is 24.3 Å². The first kappa shape index (κ1) is 13.5. The Hall–Kier alpha value is -0.520. The topological polar surface area (TPSA) is 52.3 Å². The van der Waals surface area contributed by atoms with Gasteiger partial charge in [-0.15, -0.1) is 11.8 Å². The van der Waals surface area contributed by atoms with Crippen LogP contribution in [-0.2, 0) is 9.53 Å². The van der Waals surface area contributed by atoms with Crippen molar-refractivity contribution in [1.29, 1.82) is 0 Å². The van der Waals surface area contributed by atoms with Crippen LogP contribution in [0.4, 0.5) is 0 Å². The number of thioether (sulfide) groups is 1. The summed E-state index contributed by atoms with van der Waals surface area (Å²) in [5, 5.41) is -0.312. The number of hydrogen-bond donors (Lipinski definition) is 1. The molecule has 0 spiro atoms. The lowest BCUT2D eigenvalue weighted by atomic mass is 10.1. The van der Waals surface area contributed by atoms with Crippen molar-refractivity contribution in [1.82, 2.24) is 0 Å². The summed E-state index contributed by atoms with van der Waals surface area (Å²) in [6.07, 6.45) is 0. The van der Waals surface area contributed by atoms with Crippen LogP contribution in [0.15, 0.2) is 28.7 Å². The zero-order valence-electron chi connectivity index (χ0n) is 8.98. The van der Waals surface area contributed by atoms with Crippen molar-refractivity contribution in [2.45, 2.75) is 5.25 Å². The molecule has 1 amide bonds. The van der Waals surface area contributed by atoms with Gasteiger partial charge in [0.15, 0.2) is 0 Å². The Morgan fingerprint density at radius 2 is 2.38 bits per heavy atom. The number of halogens is 1. The summed E-state index contributed by atoms with van der Waals surface area (Å²) in [6, 6.07) is 7.63. The van der Waals surface area contributed by atoms with Gasteiger partial charge in [0.1, 0.15) is 5.25 Å². The molecule has 1 rings (SSSR count). The largest absolute Gasteiger partial charge is 0.384 e. The molecule has 1 aromatic carbocycles. The molecular weight excluding hydrogens is 290 g/mol. The van der Waals surface area contributed by atoms with Gasteiger partial charge in [-0.3, -0.25) is 4.79 Å². The maximum absolute atomic E-state index is 11.4. The van der Waals surface area contributed by atoms with Gasteiger partial charge in [0.05, 0.1) is 6.61 Å². The van der Waals surface area contributed by atoms with Crippen LogP contribution >= 0.6 is 27.7 Å². The second-order valence-electron chi connectivity index (χ2n) is 3.20. The number of ether oxygens (including phenoxy) is 1. The fourth-order valence-electron chi connectivity index (χ4n) is 1.26. The molecule has 5 heteroatoms. The molecule has 1 aromatic rings. The first-order chi connectivity index (χ1) is 7.65. The third-order valence-electron chi connectivity index (χ3n) is 1.98. The van der Waals surface area contributed by atoms with E-state index in [-0.39, 0.29) is 11.2 Å². The molecule has 88 valence electrons. The van der Waals surface area contributed by atoms with Gasteiger partial charge in [-0.1, -0.05) is 28.1 Å². The minimum Gasteiger partial charge on any atom is -0.384 e. The Balaban J connectivity index is 2.73. The second-order valence-corrected chi connectivity index (χ2v) is 5.33. The van der Waals surface area contributed by atoms with Crippen molar-refractivity contribution in [3.63, 3.8) is 0 Å². The Morgan fingerprint density at radius 1 is 1.62 bits per heavy atom. The van der Waals surface area contributed by atoms with E-state index in [9.17, 15) is 4.79 Å². The predicted octanol–water partition coefficient (Wildman–Crippen LogP) is 2.36. The molecule has 0 bridgehead atoms. The molecule has 0 aliphatic heterocycles. The standard InChI is InChI=1S/C11H14BrNO2S/c1-15-5-6-16-10(11(13)14)8-3-2-4-9(12)7-8/h2-4,7,10H,5-6H2,1H3,(H2,13,14)/t10-/m0/s1. The smallest absolute Gasteiger partial charge is 0.235 e.